The molecule has 0 saturated carbocycles. The average Bonchev–Trinajstić information content (AvgIpc) is 2.85. The molecule has 0 aliphatic heterocycles. The van der Waals surface area contributed by atoms with Crippen LogP contribution in [0.25, 0.3) is 10.9 Å². The van der Waals surface area contributed by atoms with Gasteiger partial charge in [0.2, 0.25) is 0 Å². The first-order valence-electron chi connectivity index (χ1n) is 7.92. The number of fused-ring (bicyclic) bond motifs is 1. The van der Waals surface area contributed by atoms with Crippen LogP contribution in [-0.2, 0) is 6.54 Å². The van der Waals surface area contributed by atoms with Gasteiger partial charge in [0.1, 0.15) is 11.8 Å². The molecule has 5 heteroatoms. The first-order chi connectivity index (χ1) is 12.0. The molecule has 0 fully saturated rings. The van der Waals surface area contributed by atoms with Crippen LogP contribution >= 0.6 is 0 Å². The molecule has 3 aromatic rings. The molecule has 0 saturated heterocycles. The van der Waals surface area contributed by atoms with Crippen LogP contribution in [0.2, 0.25) is 0 Å². The maximum atomic E-state index is 11.2. The molecule has 0 spiro atoms. The zero-order valence-electron chi connectivity index (χ0n) is 14.1. The number of hydrogen-bond donors (Lipinski definition) is 1. The van der Waals surface area contributed by atoms with Crippen LogP contribution in [0.5, 0.6) is 5.75 Å². The van der Waals surface area contributed by atoms with E-state index < -0.39 is 5.97 Å². The van der Waals surface area contributed by atoms with Gasteiger partial charge in [0.25, 0.3) is 0 Å². The van der Waals surface area contributed by atoms with Gasteiger partial charge in [-0.05, 0) is 55.3 Å². The summed E-state index contributed by atoms with van der Waals surface area (Å²) in [5.74, 6) is -0.257. The van der Waals surface area contributed by atoms with Crippen LogP contribution < -0.4 is 4.74 Å². The number of carboxylic acids is 1. The van der Waals surface area contributed by atoms with Gasteiger partial charge in [-0.3, -0.25) is 0 Å². The second-order valence-corrected chi connectivity index (χ2v) is 5.93. The molecule has 0 bridgehead atoms. The third-order valence-corrected chi connectivity index (χ3v) is 4.43. The molecular weight excluding hydrogens is 316 g/mol. The first-order valence-corrected chi connectivity index (χ1v) is 7.92. The highest BCUT2D eigenvalue weighted by molar-refractivity contribution is 5.95. The summed E-state index contributed by atoms with van der Waals surface area (Å²) in [7, 11) is 0. The molecule has 3 rings (SSSR count). The maximum Gasteiger partial charge on any atom is 0.335 e. The van der Waals surface area contributed by atoms with E-state index in [2.05, 4.69) is 4.57 Å². The van der Waals surface area contributed by atoms with Crippen LogP contribution in [0.15, 0.2) is 42.5 Å². The first kappa shape index (κ1) is 16.6. The van der Waals surface area contributed by atoms with Crippen LogP contribution in [-0.4, -0.2) is 22.2 Å². The van der Waals surface area contributed by atoms with Crippen molar-refractivity contribution < 1.29 is 14.6 Å². The number of aromatic carboxylic acids is 1. The normalized spacial score (nSPS) is 10.6. The maximum absolute atomic E-state index is 11.2. The minimum absolute atomic E-state index is 0.0198. The van der Waals surface area contributed by atoms with Gasteiger partial charge >= 0.3 is 5.97 Å². The summed E-state index contributed by atoms with van der Waals surface area (Å²) in [6.07, 6.45) is 0. The van der Waals surface area contributed by atoms with E-state index in [0.29, 0.717) is 17.9 Å². The average molecular weight is 334 g/mol. The summed E-state index contributed by atoms with van der Waals surface area (Å²) in [6.45, 7) is 4.70. The number of ether oxygens (including phenoxy) is 1. The highest BCUT2D eigenvalue weighted by atomic mass is 16.5. The molecule has 1 N–H and O–H groups in total. The highest BCUT2D eigenvalue weighted by Crippen LogP contribution is 2.27. The smallest absolute Gasteiger partial charge is 0.335 e. The van der Waals surface area contributed by atoms with E-state index in [0.717, 1.165) is 27.7 Å². The molecule has 126 valence electrons. The van der Waals surface area contributed by atoms with E-state index in [4.69, 9.17) is 10.00 Å². The van der Waals surface area contributed by atoms with Crippen molar-refractivity contribution in [3.63, 3.8) is 0 Å². The van der Waals surface area contributed by atoms with E-state index in [1.54, 1.807) is 12.1 Å². The summed E-state index contributed by atoms with van der Waals surface area (Å²) < 4.78 is 7.53. The van der Waals surface area contributed by atoms with Crippen molar-refractivity contribution in [3.05, 3.63) is 64.8 Å². The summed E-state index contributed by atoms with van der Waals surface area (Å²) >= 11 is 0. The van der Waals surface area contributed by atoms with E-state index >= 15 is 0 Å². The third kappa shape index (κ3) is 3.20. The molecule has 1 aromatic heterocycles. The molecule has 25 heavy (non-hydrogen) atoms. The number of hydrogen-bond acceptors (Lipinski definition) is 3. The summed E-state index contributed by atoms with van der Waals surface area (Å²) in [4.78, 5) is 11.2. The number of nitriles is 1. The van der Waals surface area contributed by atoms with Crippen molar-refractivity contribution in [2.24, 2.45) is 0 Å². The van der Waals surface area contributed by atoms with Gasteiger partial charge < -0.3 is 14.4 Å². The molecule has 0 radical (unpaired) electrons. The monoisotopic (exact) mass is 334 g/mol. The lowest BCUT2D eigenvalue weighted by molar-refractivity contribution is 0.0697. The molecular formula is C20H18N2O3. The molecule has 1 heterocycles. The Hall–Kier alpha value is -3.26. The fourth-order valence-electron chi connectivity index (χ4n) is 3.02. The fourth-order valence-corrected chi connectivity index (χ4v) is 3.02. The van der Waals surface area contributed by atoms with E-state index in [1.807, 2.05) is 50.2 Å². The van der Waals surface area contributed by atoms with Gasteiger partial charge in [-0.2, -0.15) is 5.26 Å². The van der Waals surface area contributed by atoms with Gasteiger partial charge in [0.05, 0.1) is 5.56 Å². The number of nitrogens with zero attached hydrogens (tertiary/aromatic N) is 2. The number of aromatic nitrogens is 1. The highest BCUT2D eigenvalue weighted by Gasteiger charge is 2.14. The SMILES string of the molecule is Cc1c(C)n(Cc2cccc(OCC#N)c2)c2ccc(C(=O)O)cc12. The minimum atomic E-state index is -0.922. The molecule has 5 nitrogen and oxygen atoms in total. The molecule has 0 atom stereocenters. The summed E-state index contributed by atoms with van der Waals surface area (Å²) in [6, 6.07) is 14.8. The molecule has 0 aliphatic carbocycles. The molecule has 0 amide bonds. The topological polar surface area (TPSA) is 75.2 Å². The minimum Gasteiger partial charge on any atom is -0.479 e. The Bertz CT molecular complexity index is 996. The third-order valence-electron chi connectivity index (χ3n) is 4.43. The van der Waals surface area contributed by atoms with Gasteiger partial charge in [0.15, 0.2) is 6.61 Å². The van der Waals surface area contributed by atoms with Gasteiger partial charge in [-0.15, -0.1) is 0 Å². The number of benzene rings is 2. The van der Waals surface area contributed by atoms with Gasteiger partial charge in [-0.25, -0.2) is 4.79 Å². The molecule has 0 aliphatic rings. The second-order valence-electron chi connectivity index (χ2n) is 5.93. The Morgan fingerprint density at radius 2 is 2.04 bits per heavy atom. The quantitative estimate of drug-likeness (QED) is 0.767. The predicted molar refractivity (Wildman–Crippen MR) is 95.0 cm³/mol. The summed E-state index contributed by atoms with van der Waals surface area (Å²) in [5.41, 5.74) is 4.52. The standard InChI is InChI=1S/C20H18N2O3/c1-13-14(2)22(19-7-6-16(20(23)24)11-18(13)19)12-15-4-3-5-17(10-15)25-9-8-21/h3-7,10-11H,9,12H2,1-2H3,(H,23,24). The number of carboxylic acid groups (broad SMARTS) is 1. The largest absolute Gasteiger partial charge is 0.479 e. The lowest BCUT2D eigenvalue weighted by Gasteiger charge is -2.10. The van der Waals surface area contributed by atoms with E-state index in [1.165, 1.54) is 0 Å². The molecule has 0 unspecified atom stereocenters. The zero-order valence-corrected chi connectivity index (χ0v) is 14.1. The Balaban J connectivity index is 2.01. The van der Waals surface area contributed by atoms with Crippen molar-refractivity contribution in [2.45, 2.75) is 20.4 Å². The van der Waals surface area contributed by atoms with Crippen molar-refractivity contribution in [1.82, 2.24) is 4.57 Å². The lowest BCUT2D eigenvalue weighted by Crippen LogP contribution is -2.03. The van der Waals surface area contributed by atoms with Crippen molar-refractivity contribution >= 4 is 16.9 Å². The number of aryl methyl sites for hydroxylation is 1. The number of rotatable bonds is 5. The zero-order chi connectivity index (χ0) is 18.0. The van der Waals surface area contributed by atoms with Crippen LogP contribution in [0.3, 0.4) is 0 Å². The van der Waals surface area contributed by atoms with Crippen LogP contribution in [0.4, 0.5) is 0 Å². The lowest BCUT2D eigenvalue weighted by atomic mass is 10.1. The Morgan fingerprint density at radius 1 is 1.24 bits per heavy atom. The van der Waals surface area contributed by atoms with Crippen molar-refractivity contribution in [1.29, 1.82) is 5.26 Å². The van der Waals surface area contributed by atoms with Gasteiger partial charge in [-0.1, -0.05) is 12.1 Å². The van der Waals surface area contributed by atoms with E-state index in [9.17, 15) is 9.90 Å². The predicted octanol–water partition coefficient (Wildman–Crippen LogP) is 3.91. The summed E-state index contributed by atoms with van der Waals surface area (Å²) in [5, 5.41) is 18.8. The van der Waals surface area contributed by atoms with Crippen LogP contribution in [0.1, 0.15) is 27.2 Å². The Labute approximate surface area is 145 Å². The van der Waals surface area contributed by atoms with Gasteiger partial charge in [0, 0.05) is 23.1 Å². The Kier molecular flexibility index (Phi) is 4.44. The van der Waals surface area contributed by atoms with Crippen molar-refractivity contribution in [3.8, 4) is 11.8 Å². The number of carbonyl (C=O) groups is 1. The van der Waals surface area contributed by atoms with E-state index in [-0.39, 0.29) is 6.61 Å². The molecule has 2 aromatic carbocycles. The van der Waals surface area contributed by atoms with Crippen LogP contribution in [0, 0.1) is 25.2 Å². The second kappa shape index (κ2) is 6.70. The Morgan fingerprint density at radius 3 is 2.76 bits per heavy atom. The fraction of sp³-hybridized carbons (Fsp3) is 0.200. The van der Waals surface area contributed by atoms with Crippen molar-refractivity contribution in [2.75, 3.05) is 6.61 Å².